The lowest BCUT2D eigenvalue weighted by Crippen LogP contribution is -2.40. The molecule has 1 aromatic rings. The van der Waals surface area contributed by atoms with Crippen molar-refractivity contribution in [1.82, 2.24) is 4.90 Å². The molecule has 0 saturated heterocycles. The number of aliphatic hydroxyl groups excluding tert-OH is 1. The zero-order chi connectivity index (χ0) is 18.1. The average molecular weight is 337 g/mol. The Bertz CT molecular complexity index is 558. The van der Waals surface area contributed by atoms with Crippen LogP contribution in [0.25, 0.3) is 0 Å². The third-order valence-corrected chi connectivity index (χ3v) is 3.94. The van der Waals surface area contributed by atoms with Crippen molar-refractivity contribution >= 4 is 11.9 Å². The fourth-order valence-electron chi connectivity index (χ4n) is 2.30. The summed E-state index contributed by atoms with van der Waals surface area (Å²) in [6.07, 6.45) is 0.448. The molecule has 0 aliphatic carbocycles. The standard InChI is InChI=1S/C18H27NO5/c1-13-7-5-8-16(15(13)3)24-12-17(21)19(9-6-10-20)11-14(2)18(22)23-4/h5,7-8,14,20H,6,9-12H2,1-4H3. The molecular formula is C18H27NO5. The number of benzene rings is 1. The van der Waals surface area contributed by atoms with E-state index in [4.69, 9.17) is 14.6 Å². The number of aryl methyl sites for hydroxylation is 1. The molecule has 6 heteroatoms. The van der Waals surface area contributed by atoms with Crippen molar-refractivity contribution in [2.75, 3.05) is 33.4 Å². The first-order valence-electron chi connectivity index (χ1n) is 8.06. The minimum atomic E-state index is -0.432. The van der Waals surface area contributed by atoms with Crippen molar-refractivity contribution in [2.24, 2.45) is 5.92 Å². The number of methoxy groups -OCH3 is 1. The first-order chi connectivity index (χ1) is 11.4. The SMILES string of the molecule is COC(=O)C(C)CN(CCCO)C(=O)COc1cccc(C)c1C. The number of hydrogen-bond donors (Lipinski definition) is 1. The number of esters is 1. The number of ether oxygens (including phenoxy) is 2. The van der Waals surface area contributed by atoms with E-state index in [1.807, 2.05) is 32.0 Å². The van der Waals surface area contributed by atoms with E-state index >= 15 is 0 Å². The van der Waals surface area contributed by atoms with Gasteiger partial charge in [-0.1, -0.05) is 19.1 Å². The van der Waals surface area contributed by atoms with Crippen LogP contribution in [0.15, 0.2) is 18.2 Å². The number of carbonyl (C=O) groups is 2. The molecule has 0 fully saturated rings. The molecule has 0 radical (unpaired) electrons. The molecule has 1 aromatic carbocycles. The van der Waals surface area contributed by atoms with E-state index in [1.165, 1.54) is 12.0 Å². The highest BCUT2D eigenvalue weighted by atomic mass is 16.5. The Hall–Kier alpha value is -2.08. The van der Waals surface area contributed by atoms with Gasteiger partial charge in [-0.2, -0.15) is 0 Å². The molecule has 1 unspecified atom stereocenters. The molecule has 1 amide bonds. The molecule has 1 rings (SSSR count). The summed E-state index contributed by atoms with van der Waals surface area (Å²) in [5.41, 5.74) is 2.09. The fourth-order valence-corrected chi connectivity index (χ4v) is 2.30. The van der Waals surface area contributed by atoms with Gasteiger partial charge in [-0.15, -0.1) is 0 Å². The molecule has 24 heavy (non-hydrogen) atoms. The molecule has 0 aromatic heterocycles. The summed E-state index contributed by atoms with van der Waals surface area (Å²) in [6, 6.07) is 5.69. The van der Waals surface area contributed by atoms with Crippen LogP contribution in [0.3, 0.4) is 0 Å². The van der Waals surface area contributed by atoms with Crippen LogP contribution in [0.1, 0.15) is 24.5 Å². The van der Waals surface area contributed by atoms with Gasteiger partial charge in [0.2, 0.25) is 0 Å². The molecule has 0 aliphatic rings. The molecule has 0 aliphatic heterocycles. The van der Waals surface area contributed by atoms with Gasteiger partial charge in [0.15, 0.2) is 6.61 Å². The number of aliphatic hydroxyl groups is 1. The van der Waals surface area contributed by atoms with Crippen LogP contribution in [-0.2, 0) is 14.3 Å². The smallest absolute Gasteiger partial charge is 0.310 e. The molecule has 1 atom stereocenters. The molecule has 134 valence electrons. The van der Waals surface area contributed by atoms with Crippen LogP contribution in [0.5, 0.6) is 5.75 Å². The van der Waals surface area contributed by atoms with E-state index in [-0.39, 0.29) is 31.6 Å². The maximum absolute atomic E-state index is 12.4. The van der Waals surface area contributed by atoms with Gasteiger partial charge in [0.1, 0.15) is 5.75 Å². The van der Waals surface area contributed by atoms with E-state index in [1.54, 1.807) is 6.92 Å². The van der Waals surface area contributed by atoms with E-state index in [0.29, 0.717) is 18.7 Å². The summed E-state index contributed by atoms with van der Waals surface area (Å²) in [5, 5.41) is 9.00. The second kappa shape index (κ2) is 9.93. The van der Waals surface area contributed by atoms with Gasteiger partial charge in [0, 0.05) is 19.7 Å². The second-order valence-electron chi connectivity index (χ2n) is 5.83. The summed E-state index contributed by atoms with van der Waals surface area (Å²) in [6.45, 7) is 6.11. The van der Waals surface area contributed by atoms with Crippen molar-refractivity contribution in [1.29, 1.82) is 0 Å². The number of amides is 1. The predicted octanol–water partition coefficient (Wildman–Crippen LogP) is 1.70. The maximum atomic E-state index is 12.4. The Balaban J connectivity index is 2.69. The maximum Gasteiger partial charge on any atom is 0.310 e. The Kier molecular flexibility index (Phi) is 8.26. The van der Waals surface area contributed by atoms with E-state index in [2.05, 4.69) is 0 Å². The van der Waals surface area contributed by atoms with Gasteiger partial charge in [-0.05, 0) is 37.5 Å². The first-order valence-corrected chi connectivity index (χ1v) is 8.06. The van der Waals surface area contributed by atoms with Crippen molar-refractivity contribution in [2.45, 2.75) is 27.2 Å². The van der Waals surface area contributed by atoms with Gasteiger partial charge in [0.25, 0.3) is 5.91 Å². The van der Waals surface area contributed by atoms with Crippen molar-refractivity contribution < 1.29 is 24.2 Å². The lowest BCUT2D eigenvalue weighted by Gasteiger charge is -2.25. The molecule has 1 N–H and O–H groups in total. The normalized spacial score (nSPS) is 11.7. The molecule has 6 nitrogen and oxygen atoms in total. The zero-order valence-corrected chi connectivity index (χ0v) is 14.9. The first kappa shape index (κ1) is 20.0. The quantitative estimate of drug-likeness (QED) is 0.694. The van der Waals surface area contributed by atoms with Gasteiger partial charge in [-0.25, -0.2) is 0 Å². The summed E-state index contributed by atoms with van der Waals surface area (Å²) in [7, 11) is 1.32. The third-order valence-electron chi connectivity index (χ3n) is 3.94. The molecule has 0 saturated carbocycles. The van der Waals surface area contributed by atoms with Gasteiger partial charge < -0.3 is 19.5 Å². The van der Waals surface area contributed by atoms with Crippen LogP contribution >= 0.6 is 0 Å². The minimum absolute atomic E-state index is 0.0196. The summed E-state index contributed by atoms with van der Waals surface area (Å²) in [4.78, 5) is 25.5. The van der Waals surface area contributed by atoms with Crippen LogP contribution in [0.4, 0.5) is 0 Å². The average Bonchev–Trinajstić information content (AvgIpc) is 2.58. The summed E-state index contributed by atoms with van der Waals surface area (Å²) >= 11 is 0. The van der Waals surface area contributed by atoms with Crippen LogP contribution in [0, 0.1) is 19.8 Å². The number of rotatable bonds is 9. The molecule has 0 heterocycles. The fraction of sp³-hybridized carbons (Fsp3) is 0.556. The van der Waals surface area contributed by atoms with E-state index in [9.17, 15) is 9.59 Å². The second-order valence-corrected chi connectivity index (χ2v) is 5.83. The molecule has 0 spiro atoms. The topological polar surface area (TPSA) is 76.1 Å². The molecule has 0 bridgehead atoms. The molecular weight excluding hydrogens is 310 g/mol. The van der Waals surface area contributed by atoms with Crippen molar-refractivity contribution in [3.05, 3.63) is 29.3 Å². The lowest BCUT2D eigenvalue weighted by atomic mass is 10.1. The van der Waals surface area contributed by atoms with Crippen LogP contribution < -0.4 is 4.74 Å². The highest BCUT2D eigenvalue weighted by Crippen LogP contribution is 2.20. The van der Waals surface area contributed by atoms with Gasteiger partial charge in [-0.3, -0.25) is 9.59 Å². The number of hydrogen-bond acceptors (Lipinski definition) is 5. The Morgan fingerprint density at radius 1 is 1.29 bits per heavy atom. The summed E-state index contributed by atoms with van der Waals surface area (Å²) < 4.78 is 10.3. The van der Waals surface area contributed by atoms with Crippen molar-refractivity contribution in [3.63, 3.8) is 0 Å². The Morgan fingerprint density at radius 3 is 2.62 bits per heavy atom. The predicted molar refractivity (Wildman–Crippen MR) is 90.9 cm³/mol. The van der Waals surface area contributed by atoms with Gasteiger partial charge in [0.05, 0.1) is 13.0 Å². The largest absolute Gasteiger partial charge is 0.483 e. The Labute approximate surface area is 143 Å². The third kappa shape index (κ3) is 5.85. The highest BCUT2D eigenvalue weighted by Gasteiger charge is 2.21. The minimum Gasteiger partial charge on any atom is -0.483 e. The summed E-state index contributed by atoms with van der Waals surface area (Å²) in [5.74, 6) is -0.350. The van der Waals surface area contributed by atoms with E-state index in [0.717, 1.165) is 11.1 Å². The zero-order valence-electron chi connectivity index (χ0n) is 14.9. The van der Waals surface area contributed by atoms with Crippen LogP contribution in [-0.4, -0.2) is 55.3 Å². The van der Waals surface area contributed by atoms with Crippen molar-refractivity contribution in [3.8, 4) is 5.75 Å². The highest BCUT2D eigenvalue weighted by molar-refractivity contribution is 5.79. The number of nitrogens with zero attached hydrogens (tertiary/aromatic N) is 1. The Morgan fingerprint density at radius 2 is 2.00 bits per heavy atom. The lowest BCUT2D eigenvalue weighted by molar-refractivity contribution is -0.146. The van der Waals surface area contributed by atoms with Gasteiger partial charge >= 0.3 is 5.97 Å². The number of carbonyl (C=O) groups excluding carboxylic acids is 2. The van der Waals surface area contributed by atoms with Crippen LogP contribution in [0.2, 0.25) is 0 Å². The van der Waals surface area contributed by atoms with E-state index < -0.39 is 5.92 Å². The monoisotopic (exact) mass is 337 g/mol.